The van der Waals surface area contributed by atoms with Crippen LogP contribution in [0, 0.1) is 35.5 Å². The quantitative estimate of drug-likeness (QED) is 0.0545. The van der Waals surface area contributed by atoms with E-state index in [0.29, 0.717) is 39.1 Å². The van der Waals surface area contributed by atoms with Crippen LogP contribution in [0.5, 0.6) is 5.75 Å². The monoisotopic (exact) mass is 619 g/mol. The summed E-state index contributed by atoms with van der Waals surface area (Å²) in [7, 11) is 0. The maximum atomic E-state index is 11.1. The molecule has 4 aromatic rings. The van der Waals surface area contributed by atoms with E-state index in [1.54, 1.807) is 0 Å². The molecule has 0 saturated heterocycles. The van der Waals surface area contributed by atoms with Crippen LogP contribution in [-0.4, -0.2) is 38.0 Å². The highest BCUT2D eigenvalue weighted by Crippen LogP contribution is 2.22. The first-order valence-electron chi connectivity index (χ1n) is 15.0. The minimum atomic E-state index is -0.431. The van der Waals surface area contributed by atoms with E-state index in [9.17, 15) is 9.59 Å². The first kappa shape index (κ1) is 33.6. The van der Waals surface area contributed by atoms with E-state index in [0.717, 1.165) is 56.6 Å². The number of benzene rings is 4. The zero-order chi connectivity index (χ0) is 33.1. The molecule has 0 aromatic heterocycles. The molecule has 0 unspecified atom stereocenters. The lowest BCUT2D eigenvalue weighted by Gasteiger charge is -2.07. The molecule has 0 atom stereocenters. The summed E-state index contributed by atoms with van der Waals surface area (Å²) in [5, 5.41) is 2.09. The molecule has 6 heteroatoms. The van der Waals surface area contributed by atoms with Crippen molar-refractivity contribution in [2.75, 3.05) is 19.8 Å². The number of esters is 2. The topological polar surface area (TPSA) is 74.2 Å². The fourth-order valence-electron chi connectivity index (χ4n) is 4.07. The number of aliphatic imine (C=N–C) groups is 1. The van der Waals surface area contributed by atoms with Crippen molar-refractivity contribution in [1.82, 2.24) is 0 Å². The molecule has 0 aliphatic carbocycles. The Morgan fingerprint density at radius 1 is 0.617 bits per heavy atom. The lowest BCUT2D eigenvalue weighted by atomic mass is 10.1. The van der Waals surface area contributed by atoms with Crippen molar-refractivity contribution < 1.29 is 23.8 Å². The summed E-state index contributed by atoms with van der Waals surface area (Å²) in [5.74, 6) is 18.3. The summed E-state index contributed by atoms with van der Waals surface area (Å²) in [6.07, 6.45) is 6.13. The van der Waals surface area contributed by atoms with Crippen molar-refractivity contribution in [2.45, 2.75) is 19.3 Å². The second-order valence-corrected chi connectivity index (χ2v) is 10.00. The first-order chi connectivity index (χ1) is 23.0. The molecule has 0 saturated carbocycles. The van der Waals surface area contributed by atoms with Crippen LogP contribution in [0.2, 0.25) is 0 Å². The molecule has 4 aromatic carbocycles. The molecule has 232 valence electrons. The number of rotatable bonds is 12. The summed E-state index contributed by atoms with van der Waals surface area (Å²) in [4.78, 5) is 26.5. The number of carbonyl (C=O) groups is 2. The zero-order valence-electron chi connectivity index (χ0n) is 26.0. The molecule has 0 aliphatic rings. The summed E-state index contributed by atoms with van der Waals surface area (Å²) >= 11 is 0. The summed E-state index contributed by atoms with van der Waals surface area (Å²) < 4.78 is 15.7. The second-order valence-electron chi connectivity index (χ2n) is 10.00. The lowest BCUT2D eigenvalue weighted by Crippen LogP contribution is -2.06. The fraction of sp³-hybridized carbons (Fsp3) is 0.146. The van der Waals surface area contributed by atoms with Crippen LogP contribution in [0.25, 0.3) is 10.8 Å². The predicted molar refractivity (Wildman–Crippen MR) is 186 cm³/mol. The van der Waals surface area contributed by atoms with Crippen molar-refractivity contribution in [2.24, 2.45) is 4.99 Å². The van der Waals surface area contributed by atoms with Crippen molar-refractivity contribution in [3.63, 3.8) is 0 Å². The van der Waals surface area contributed by atoms with Crippen molar-refractivity contribution in [3.05, 3.63) is 132 Å². The van der Waals surface area contributed by atoms with Gasteiger partial charge in [0.15, 0.2) is 0 Å². The first-order valence-corrected chi connectivity index (χ1v) is 15.0. The third-order valence-electron chi connectivity index (χ3n) is 6.49. The second kappa shape index (κ2) is 18.5. The van der Waals surface area contributed by atoms with Crippen molar-refractivity contribution in [3.8, 4) is 41.3 Å². The van der Waals surface area contributed by atoms with Crippen LogP contribution >= 0.6 is 0 Å². The average Bonchev–Trinajstić information content (AvgIpc) is 3.11. The van der Waals surface area contributed by atoms with Gasteiger partial charge in [0.05, 0.1) is 25.5 Å². The van der Waals surface area contributed by atoms with Gasteiger partial charge in [0, 0.05) is 47.0 Å². The Kier molecular flexibility index (Phi) is 13.2. The van der Waals surface area contributed by atoms with Gasteiger partial charge in [0.1, 0.15) is 5.75 Å². The van der Waals surface area contributed by atoms with E-state index in [4.69, 9.17) is 14.2 Å². The molecule has 0 radical (unpaired) electrons. The third-order valence-corrected chi connectivity index (χ3v) is 6.49. The van der Waals surface area contributed by atoms with E-state index in [-0.39, 0.29) is 0 Å². The van der Waals surface area contributed by atoms with Crippen LogP contribution in [0.4, 0.5) is 5.69 Å². The Bertz CT molecular complexity index is 1940. The molecule has 0 spiro atoms. The summed E-state index contributed by atoms with van der Waals surface area (Å²) in [6, 6.07) is 27.3. The van der Waals surface area contributed by atoms with Gasteiger partial charge >= 0.3 is 11.9 Å². The molecular formula is C41H33NO5. The summed E-state index contributed by atoms with van der Waals surface area (Å²) in [6.45, 7) is 7.82. The number of ether oxygens (including phenoxy) is 3. The van der Waals surface area contributed by atoms with Crippen LogP contribution in [0.1, 0.15) is 41.5 Å². The minimum Gasteiger partial charge on any atom is -0.493 e. The Morgan fingerprint density at radius 3 is 1.81 bits per heavy atom. The van der Waals surface area contributed by atoms with Crippen molar-refractivity contribution in [1.29, 1.82) is 0 Å². The molecular weight excluding hydrogens is 586 g/mol. The van der Waals surface area contributed by atoms with Gasteiger partial charge in [-0.2, -0.15) is 0 Å². The van der Waals surface area contributed by atoms with E-state index in [1.807, 2.05) is 91.1 Å². The van der Waals surface area contributed by atoms with Crippen LogP contribution in [-0.2, 0) is 19.1 Å². The third kappa shape index (κ3) is 12.0. The van der Waals surface area contributed by atoms with Gasteiger partial charge < -0.3 is 14.2 Å². The molecule has 6 nitrogen and oxygen atoms in total. The molecule has 0 aliphatic heterocycles. The highest BCUT2D eigenvalue weighted by molar-refractivity contribution is 5.85. The lowest BCUT2D eigenvalue weighted by molar-refractivity contribution is -0.138. The standard InChI is InChI=1S/C41H33NO5/c1-3-40(43)46-27-8-7-26-42-38-23-19-34(20-24-38)17-16-33-14-12-32(13-15-33)10-5-6-11-35-18-21-37-31-39(25-22-36(37)30-35)45-28-9-29-47-41(44)4-2/h3-4,12-15,18-26,30-31H,1-2,7-9,27-29H2. The Balaban J connectivity index is 1.24. The van der Waals surface area contributed by atoms with Crippen molar-refractivity contribution >= 4 is 34.6 Å². The number of hydrogen-bond acceptors (Lipinski definition) is 6. The van der Waals surface area contributed by atoms with Crippen LogP contribution in [0.3, 0.4) is 0 Å². The average molecular weight is 620 g/mol. The van der Waals surface area contributed by atoms with E-state index >= 15 is 0 Å². The number of nitrogens with zero attached hydrogens (tertiary/aromatic N) is 1. The smallest absolute Gasteiger partial charge is 0.330 e. The van der Waals surface area contributed by atoms with E-state index in [1.165, 1.54) is 0 Å². The normalized spacial score (nSPS) is 9.96. The molecule has 0 N–H and O–H groups in total. The molecule has 0 bridgehead atoms. The SMILES string of the molecule is C=CC(=O)OCCCC=Nc1ccc(C#Cc2ccc(C#CC#Cc3ccc4cc(OCCCOC(=O)C=C)ccc4c3)cc2)cc1. The Labute approximate surface area is 275 Å². The van der Waals surface area contributed by atoms with Gasteiger partial charge in [0.25, 0.3) is 0 Å². The van der Waals surface area contributed by atoms with Crippen LogP contribution in [0.15, 0.2) is 115 Å². The van der Waals surface area contributed by atoms with Gasteiger partial charge in [-0.1, -0.05) is 49.0 Å². The summed E-state index contributed by atoms with van der Waals surface area (Å²) in [5.41, 5.74) is 4.35. The van der Waals surface area contributed by atoms with E-state index in [2.05, 4.69) is 53.7 Å². The van der Waals surface area contributed by atoms with Gasteiger partial charge in [0.2, 0.25) is 0 Å². The number of hydrogen-bond donors (Lipinski definition) is 0. The molecule has 0 fully saturated rings. The van der Waals surface area contributed by atoms with Gasteiger partial charge in [-0.25, -0.2) is 9.59 Å². The Morgan fingerprint density at radius 2 is 1.15 bits per heavy atom. The van der Waals surface area contributed by atoms with Crippen LogP contribution < -0.4 is 4.74 Å². The Hall–Kier alpha value is -6.29. The highest BCUT2D eigenvalue weighted by Gasteiger charge is 2.01. The van der Waals surface area contributed by atoms with Gasteiger partial charge in [-0.3, -0.25) is 4.99 Å². The predicted octanol–water partition coefficient (Wildman–Crippen LogP) is 7.35. The molecule has 4 rings (SSSR count). The number of unbranched alkanes of at least 4 members (excludes halogenated alkanes) is 1. The molecule has 47 heavy (non-hydrogen) atoms. The molecule has 0 amide bonds. The minimum absolute atomic E-state index is 0.291. The largest absolute Gasteiger partial charge is 0.493 e. The zero-order valence-corrected chi connectivity index (χ0v) is 26.0. The maximum Gasteiger partial charge on any atom is 0.330 e. The maximum absolute atomic E-state index is 11.1. The van der Waals surface area contributed by atoms with Gasteiger partial charge in [-0.05, 0) is 108 Å². The highest BCUT2D eigenvalue weighted by atomic mass is 16.5. The number of carbonyl (C=O) groups excluding carboxylic acids is 2. The number of fused-ring (bicyclic) bond motifs is 1. The fourth-order valence-corrected chi connectivity index (χ4v) is 4.07. The van der Waals surface area contributed by atoms with Gasteiger partial charge in [-0.15, -0.1) is 0 Å². The molecule has 0 heterocycles. The van der Waals surface area contributed by atoms with E-state index < -0.39 is 11.9 Å².